The number of fused-ring (bicyclic) bond motifs is 1. The van der Waals surface area contributed by atoms with Crippen molar-refractivity contribution in [2.45, 2.75) is 37.6 Å². The fourth-order valence-electron chi connectivity index (χ4n) is 2.74. The quantitative estimate of drug-likeness (QED) is 0.467. The van der Waals surface area contributed by atoms with Crippen LogP contribution in [0.5, 0.6) is 11.5 Å². The van der Waals surface area contributed by atoms with E-state index in [4.69, 9.17) is 13.9 Å². The minimum absolute atomic E-state index is 0.0142. The highest BCUT2D eigenvalue weighted by atomic mass is 16.7. The number of hydrogen-bond donors (Lipinski definition) is 5. The molecule has 1 aromatic heterocycles. The summed E-state index contributed by atoms with van der Waals surface area (Å²) in [6.07, 6.45) is -7.45. The molecule has 0 radical (unpaired) electrons. The van der Waals surface area contributed by atoms with Gasteiger partial charge in [0, 0.05) is 18.2 Å². The molecule has 2 heterocycles. The Morgan fingerprint density at radius 2 is 1.84 bits per heavy atom. The van der Waals surface area contributed by atoms with Gasteiger partial charge in [0.25, 0.3) is 0 Å². The topological polar surface area (TPSA) is 150 Å². The van der Waals surface area contributed by atoms with Gasteiger partial charge in [0.05, 0.1) is 6.61 Å². The van der Waals surface area contributed by atoms with Gasteiger partial charge >= 0.3 is 0 Å². The molecular formula is C16H18O9. The second-order valence-corrected chi connectivity index (χ2v) is 5.85. The van der Waals surface area contributed by atoms with Crippen LogP contribution in [0.15, 0.2) is 27.4 Å². The van der Waals surface area contributed by atoms with E-state index in [1.807, 2.05) is 0 Å². The molecule has 1 fully saturated rings. The maximum atomic E-state index is 12.2. The fourth-order valence-corrected chi connectivity index (χ4v) is 2.74. The molecule has 0 aliphatic carbocycles. The van der Waals surface area contributed by atoms with Crippen molar-refractivity contribution in [3.05, 3.63) is 34.2 Å². The largest absolute Gasteiger partial charge is 0.508 e. The van der Waals surface area contributed by atoms with E-state index in [9.17, 15) is 30.3 Å². The van der Waals surface area contributed by atoms with Gasteiger partial charge in [-0.15, -0.1) is 0 Å². The highest BCUT2D eigenvalue weighted by molar-refractivity contribution is 5.85. The SMILES string of the molecule is Cc1cc(=O)c2c(OC3OC(CO)C(O)C(O)C3O)cc(O)cc2o1. The predicted molar refractivity (Wildman–Crippen MR) is 83.3 cm³/mol. The van der Waals surface area contributed by atoms with E-state index in [0.717, 1.165) is 6.07 Å². The molecule has 0 spiro atoms. The molecule has 1 aliphatic heterocycles. The predicted octanol–water partition coefficient (Wildman–Crippen LogP) is -1.01. The van der Waals surface area contributed by atoms with Crippen molar-refractivity contribution in [1.82, 2.24) is 0 Å². The van der Waals surface area contributed by atoms with Gasteiger partial charge in [-0.2, -0.15) is 0 Å². The Kier molecular flexibility index (Phi) is 4.67. The number of aromatic hydroxyl groups is 1. The lowest BCUT2D eigenvalue weighted by molar-refractivity contribution is -0.277. The summed E-state index contributed by atoms with van der Waals surface area (Å²) in [7, 11) is 0. The number of hydrogen-bond acceptors (Lipinski definition) is 9. The van der Waals surface area contributed by atoms with Crippen molar-refractivity contribution < 1.29 is 39.4 Å². The van der Waals surface area contributed by atoms with Gasteiger partial charge in [-0.1, -0.05) is 0 Å². The second-order valence-electron chi connectivity index (χ2n) is 5.85. The van der Waals surface area contributed by atoms with Crippen LogP contribution >= 0.6 is 0 Å². The third kappa shape index (κ3) is 3.20. The summed E-state index contributed by atoms with van der Waals surface area (Å²) in [6.45, 7) is 0.954. The Balaban J connectivity index is 2.01. The van der Waals surface area contributed by atoms with Crippen LogP contribution < -0.4 is 10.2 Å². The number of phenols is 1. The molecule has 5 atom stereocenters. The molecule has 9 heteroatoms. The maximum Gasteiger partial charge on any atom is 0.229 e. The molecule has 2 aromatic rings. The lowest BCUT2D eigenvalue weighted by Gasteiger charge is -2.39. The van der Waals surface area contributed by atoms with E-state index in [1.165, 1.54) is 12.1 Å². The standard InChI is InChI=1S/C16H18O9/c1-6-2-8(19)12-9(23-6)3-7(18)4-10(12)24-16-15(22)14(21)13(20)11(5-17)25-16/h2-4,11,13-18,20-22H,5H2,1H3. The Morgan fingerprint density at radius 3 is 2.52 bits per heavy atom. The minimum Gasteiger partial charge on any atom is -0.508 e. The van der Waals surface area contributed by atoms with Crippen molar-refractivity contribution in [2.24, 2.45) is 0 Å². The third-order valence-corrected chi connectivity index (χ3v) is 3.99. The summed E-state index contributed by atoms with van der Waals surface area (Å²) in [4.78, 5) is 12.2. The third-order valence-electron chi connectivity index (χ3n) is 3.99. The molecule has 5 N–H and O–H groups in total. The van der Waals surface area contributed by atoms with Crippen LogP contribution in [0.2, 0.25) is 0 Å². The van der Waals surface area contributed by atoms with E-state index in [-0.39, 0.29) is 22.5 Å². The summed E-state index contributed by atoms with van der Waals surface area (Å²) in [5.74, 6) is -0.0455. The highest BCUT2D eigenvalue weighted by Gasteiger charge is 2.44. The molecule has 1 saturated heterocycles. The molecular weight excluding hydrogens is 336 g/mol. The molecule has 1 aromatic carbocycles. The van der Waals surface area contributed by atoms with E-state index in [1.54, 1.807) is 6.92 Å². The van der Waals surface area contributed by atoms with Gasteiger partial charge in [0.15, 0.2) is 5.43 Å². The monoisotopic (exact) mass is 354 g/mol. The Hall–Kier alpha value is -2.17. The molecule has 3 rings (SSSR count). The fraction of sp³-hybridized carbons (Fsp3) is 0.438. The molecule has 9 nitrogen and oxygen atoms in total. The smallest absolute Gasteiger partial charge is 0.229 e. The van der Waals surface area contributed by atoms with Crippen molar-refractivity contribution in [1.29, 1.82) is 0 Å². The Morgan fingerprint density at radius 1 is 1.12 bits per heavy atom. The highest BCUT2D eigenvalue weighted by Crippen LogP contribution is 2.32. The molecule has 0 saturated carbocycles. The Labute approximate surface area is 141 Å². The summed E-state index contributed by atoms with van der Waals surface area (Å²) < 4.78 is 16.1. The van der Waals surface area contributed by atoms with Crippen LogP contribution in [0.25, 0.3) is 11.0 Å². The van der Waals surface area contributed by atoms with Crippen LogP contribution in [0, 0.1) is 6.92 Å². The van der Waals surface area contributed by atoms with Crippen LogP contribution in [0.3, 0.4) is 0 Å². The number of aliphatic hydroxyl groups is 4. The zero-order chi connectivity index (χ0) is 18.3. The summed E-state index contributed by atoms with van der Waals surface area (Å²) >= 11 is 0. The molecule has 1 aliphatic rings. The summed E-state index contributed by atoms with van der Waals surface area (Å²) in [6, 6.07) is 3.61. The van der Waals surface area contributed by atoms with Crippen molar-refractivity contribution >= 4 is 11.0 Å². The first-order valence-electron chi connectivity index (χ1n) is 7.56. The van der Waals surface area contributed by atoms with Crippen molar-refractivity contribution in [3.63, 3.8) is 0 Å². The normalized spacial score (nSPS) is 29.7. The first kappa shape index (κ1) is 17.6. The van der Waals surface area contributed by atoms with Gasteiger partial charge in [-0.3, -0.25) is 4.79 Å². The number of ether oxygens (including phenoxy) is 2. The van der Waals surface area contributed by atoms with E-state index in [2.05, 4.69) is 0 Å². The van der Waals surface area contributed by atoms with Crippen LogP contribution in [0.1, 0.15) is 5.76 Å². The molecule has 136 valence electrons. The number of aliphatic hydroxyl groups excluding tert-OH is 4. The van der Waals surface area contributed by atoms with Gasteiger partial charge in [0.1, 0.15) is 52.6 Å². The number of rotatable bonds is 3. The van der Waals surface area contributed by atoms with Crippen LogP contribution in [-0.2, 0) is 4.74 Å². The first-order chi connectivity index (χ1) is 11.8. The van der Waals surface area contributed by atoms with Crippen molar-refractivity contribution in [3.8, 4) is 11.5 Å². The van der Waals surface area contributed by atoms with Crippen molar-refractivity contribution in [2.75, 3.05) is 6.61 Å². The lowest BCUT2D eigenvalue weighted by Crippen LogP contribution is -2.60. The van der Waals surface area contributed by atoms with Gasteiger partial charge in [-0.05, 0) is 6.92 Å². The Bertz CT molecular complexity index is 823. The molecule has 0 amide bonds. The van der Waals surface area contributed by atoms with E-state index in [0.29, 0.717) is 5.76 Å². The number of benzene rings is 1. The van der Waals surface area contributed by atoms with Crippen LogP contribution in [-0.4, -0.2) is 62.8 Å². The molecule has 5 unspecified atom stereocenters. The van der Waals surface area contributed by atoms with Crippen LogP contribution in [0.4, 0.5) is 0 Å². The number of aryl methyl sites for hydroxylation is 1. The maximum absolute atomic E-state index is 12.2. The van der Waals surface area contributed by atoms with E-state index >= 15 is 0 Å². The van der Waals surface area contributed by atoms with Gasteiger partial charge in [-0.25, -0.2) is 0 Å². The number of phenolic OH excluding ortho intramolecular Hbond substituents is 1. The average Bonchev–Trinajstić information content (AvgIpc) is 2.54. The molecule has 25 heavy (non-hydrogen) atoms. The zero-order valence-corrected chi connectivity index (χ0v) is 13.2. The summed E-state index contributed by atoms with van der Waals surface area (Å²) in [5.41, 5.74) is -0.358. The summed E-state index contributed by atoms with van der Waals surface area (Å²) in [5, 5.41) is 48.6. The molecule has 0 bridgehead atoms. The van der Waals surface area contributed by atoms with Gasteiger partial charge < -0.3 is 39.4 Å². The van der Waals surface area contributed by atoms with Gasteiger partial charge in [0.2, 0.25) is 6.29 Å². The zero-order valence-electron chi connectivity index (χ0n) is 13.2. The minimum atomic E-state index is -1.65. The first-order valence-corrected chi connectivity index (χ1v) is 7.56. The average molecular weight is 354 g/mol. The lowest BCUT2D eigenvalue weighted by atomic mass is 9.99. The van der Waals surface area contributed by atoms with E-state index < -0.39 is 42.7 Å². The second kappa shape index (κ2) is 6.62.